The van der Waals surface area contributed by atoms with Gasteiger partial charge in [-0.25, -0.2) is 4.99 Å². The van der Waals surface area contributed by atoms with Gasteiger partial charge in [-0.3, -0.25) is 9.97 Å². The van der Waals surface area contributed by atoms with Crippen LogP contribution < -0.4 is 0 Å². The minimum atomic E-state index is -0.905. The topological polar surface area (TPSA) is 61.6 Å². The van der Waals surface area contributed by atoms with E-state index in [9.17, 15) is 5.11 Å². The van der Waals surface area contributed by atoms with Crippen molar-refractivity contribution in [3.63, 3.8) is 0 Å². The molecule has 5 heteroatoms. The minimum Gasteiger partial charge on any atom is -0.355 e. The van der Waals surface area contributed by atoms with E-state index in [2.05, 4.69) is 15.0 Å². The van der Waals surface area contributed by atoms with Crippen LogP contribution in [0.4, 0.5) is 0 Å². The highest BCUT2D eigenvalue weighted by molar-refractivity contribution is 6.07. The second-order valence-corrected chi connectivity index (χ2v) is 4.43. The molecule has 1 unspecified atom stereocenters. The van der Waals surface area contributed by atoms with Crippen molar-refractivity contribution in [3.05, 3.63) is 72.5 Å². The molecule has 0 bridgehead atoms. The number of aromatic nitrogens is 2. The van der Waals surface area contributed by atoms with Crippen molar-refractivity contribution in [2.45, 2.75) is 12.9 Å². The van der Waals surface area contributed by atoms with E-state index in [4.69, 9.17) is 0 Å². The van der Waals surface area contributed by atoms with Crippen LogP contribution in [-0.4, -0.2) is 32.0 Å². The van der Waals surface area contributed by atoms with E-state index < -0.39 is 6.35 Å². The Morgan fingerprint density at radius 2 is 2.00 bits per heavy atom. The molecule has 1 aromatic carbocycles. The van der Waals surface area contributed by atoms with E-state index in [0.717, 1.165) is 5.56 Å². The number of nitrogens with zero attached hydrogens (tertiary/aromatic N) is 4. The second kappa shape index (κ2) is 5.63. The second-order valence-electron chi connectivity index (χ2n) is 4.43. The van der Waals surface area contributed by atoms with Crippen LogP contribution in [0.25, 0.3) is 0 Å². The van der Waals surface area contributed by atoms with Crippen molar-refractivity contribution >= 4 is 5.71 Å². The number of aliphatic hydroxyl groups excluding tert-OH is 1. The van der Waals surface area contributed by atoms with Gasteiger partial charge in [0, 0.05) is 25.1 Å². The van der Waals surface area contributed by atoms with Gasteiger partial charge in [-0.05, 0) is 11.6 Å². The predicted molar refractivity (Wildman–Crippen MR) is 75.7 cm³/mol. The molecule has 3 rings (SSSR count). The lowest BCUT2D eigenvalue weighted by molar-refractivity contribution is 0.0390. The van der Waals surface area contributed by atoms with Crippen LogP contribution in [0.1, 0.15) is 11.3 Å². The van der Waals surface area contributed by atoms with Crippen molar-refractivity contribution in [3.8, 4) is 0 Å². The van der Waals surface area contributed by atoms with Crippen LogP contribution in [0.2, 0.25) is 0 Å². The Balaban J connectivity index is 1.74. The van der Waals surface area contributed by atoms with Gasteiger partial charge in [0.15, 0.2) is 0 Å². The number of hydrogen-bond donors (Lipinski definition) is 1. The lowest BCUT2D eigenvalue weighted by atomic mass is 10.2. The van der Waals surface area contributed by atoms with Gasteiger partial charge in [0.25, 0.3) is 0 Å². The van der Waals surface area contributed by atoms with Gasteiger partial charge in [-0.2, -0.15) is 0 Å². The van der Waals surface area contributed by atoms with E-state index in [1.165, 1.54) is 0 Å². The standard InChI is InChI=1S/C15H14N4O/c20-15-18-13(14-10-16-7-8-17-14)6-9-19(15)11-12-4-2-1-3-5-12/h1-10,15,20H,11H2. The van der Waals surface area contributed by atoms with Gasteiger partial charge in [0.1, 0.15) is 5.69 Å². The highest BCUT2D eigenvalue weighted by Crippen LogP contribution is 2.14. The zero-order valence-electron chi connectivity index (χ0n) is 10.8. The van der Waals surface area contributed by atoms with Gasteiger partial charge >= 0.3 is 0 Å². The molecule has 5 nitrogen and oxygen atoms in total. The molecule has 2 aromatic rings. The first-order valence-electron chi connectivity index (χ1n) is 6.33. The first-order chi connectivity index (χ1) is 9.83. The van der Waals surface area contributed by atoms with Gasteiger partial charge in [-0.1, -0.05) is 30.3 Å². The third-order valence-corrected chi connectivity index (χ3v) is 3.01. The van der Waals surface area contributed by atoms with Crippen LogP contribution in [0.3, 0.4) is 0 Å². The molecular weight excluding hydrogens is 252 g/mol. The molecule has 1 aliphatic heterocycles. The number of aliphatic imine (C=N–C) groups is 1. The normalized spacial score (nSPS) is 17.9. The average molecular weight is 266 g/mol. The lowest BCUT2D eigenvalue weighted by Crippen LogP contribution is -2.32. The van der Waals surface area contributed by atoms with Crippen LogP contribution >= 0.6 is 0 Å². The Morgan fingerprint density at radius 3 is 2.70 bits per heavy atom. The molecule has 2 heterocycles. The summed E-state index contributed by atoms with van der Waals surface area (Å²) in [4.78, 5) is 14.2. The van der Waals surface area contributed by atoms with Crippen LogP contribution in [0.15, 0.2) is 66.2 Å². The summed E-state index contributed by atoms with van der Waals surface area (Å²) in [6.07, 6.45) is 7.59. The highest BCUT2D eigenvalue weighted by Gasteiger charge is 2.17. The molecule has 0 fully saturated rings. The molecular formula is C15H14N4O. The average Bonchev–Trinajstić information content (AvgIpc) is 2.51. The maximum Gasteiger partial charge on any atom is 0.226 e. The summed E-state index contributed by atoms with van der Waals surface area (Å²) < 4.78 is 0. The summed E-state index contributed by atoms with van der Waals surface area (Å²) in [5, 5.41) is 10.1. The molecule has 1 atom stereocenters. The van der Waals surface area contributed by atoms with Crippen molar-refractivity contribution in [2.24, 2.45) is 4.99 Å². The molecule has 0 radical (unpaired) electrons. The van der Waals surface area contributed by atoms with Crippen molar-refractivity contribution in [2.75, 3.05) is 0 Å². The molecule has 1 N–H and O–H groups in total. The number of aliphatic hydroxyl groups is 1. The van der Waals surface area contributed by atoms with E-state index in [0.29, 0.717) is 18.0 Å². The Bertz CT molecular complexity index is 625. The zero-order valence-corrected chi connectivity index (χ0v) is 10.8. The fraction of sp³-hybridized carbons (Fsp3) is 0.133. The largest absolute Gasteiger partial charge is 0.355 e. The van der Waals surface area contributed by atoms with E-state index >= 15 is 0 Å². The molecule has 100 valence electrons. The van der Waals surface area contributed by atoms with Crippen molar-refractivity contribution in [1.29, 1.82) is 0 Å². The Hall–Kier alpha value is -2.53. The van der Waals surface area contributed by atoms with Crippen LogP contribution in [0, 0.1) is 0 Å². The molecule has 20 heavy (non-hydrogen) atoms. The number of benzene rings is 1. The Labute approximate surface area is 117 Å². The molecule has 0 saturated carbocycles. The molecule has 0 amide bonds. The molecule has 1 aromatic heterocycles. The first-order valence-corrected chi connectivity index (χ1v) is 6.33. The molecule has 0 aliphatic carbocycles. The quantitative estimate of drug-likeness (QED) is 0.916. The molecule has 0 saturated heterocycles. The van der Waals surface area contributed by atoms with Gasteiger partial charge in [0.05, 0.1) is 11.9 Å². The SMILES string of the molecule is OC1N=C(c2cnccn2)C=CN1Cc1ccccc1. The zero-order chi connectivity index (χ0) is 13.8. The maximum absolute atomic E-state index is 10.1. The molecule has 1 aliphatic rings. The summed E-state index contributed by atoms with van der Waals surface area (Å²) in [5.74, 6) is 0. The summed E-state index contributed by atoms with van der Waals surface area (Å²) in [6.45, 7) is 0.607. The molecule has 0 spiro atoms. The number of rotatable bonds is 3. The number of allylic oxidation sites excluding steroid dienone is 1. The van der Waals surface area contributed by atoms with Crippen molar-refractivity contribution < 1.29 is 5.11 Å². The monoisotopic (exact) mass is 266 g/mol. The van der Waals surface area contributed by atoms with Gasteiger partial charge in [-0.15, -0.1) is 0 Å². The van der Waals surface area contributed by atoms with Crippen molar-refractivity contribution in [1.82, 2.24) is 14.9 Å². The third-order valence-electron chi connectivity index (χ3n) is 3.01. The highest BCUT2D eigenvalue weighted by atomic mass is 16.3. The smallest absolute Gasteiger partial charge is 0.226 e. The van der Waals surface area contributed by atoms with E-state index in [1.807, 2.05) is 42.6 Å². The summed E-state index contributed by atoms with van der Waals surface area (Å²) >= 11 is 0. The fourth-order valence-corrected chi connectivity index (χ4v) is 2.00. The van der Waals surface area contributed by atoms with Crippen LogP contribution in [-0.2, 0) is 6.54 Å². The van der Waals surface area contributed by atoms with E-state index in [1.54, 1.807) is 23.5 Å². The number of hydrogen-bond acceptors (Lipinski definition) is 5. The van der Waals surface area contributed by atoms with E-state index in [-0.39, 0.29) is 0 Å². The maximum atomic E-state index is 10.1. The van der Waals surface area contributed by atoms with Gasteiger partial charge < -0.3 is 10.0 Å². The third kappa shape index (κ3) is 2.73. The van der Waals surface area contributed by atoms with Gasteiger partial charge in [0.2, 0.25) is 6.35 Å². The predicted octanol–water partition coefficient (Wildman–Crippen LogP) is 1.57. The summed E-state index contributed by atoms with van der Waals surface area (Å²) in [6, 6.07) is 9.95. The fourth-order valence-electron chi connectivity index (χ4n) is 2.00. The summed E-state index contributed by atoms with van der Waals surface area (Å²) in [7, 11) is 0. The first kappa shape index (κ1) is 12.5. The Kier molecular flexibility index (Phi) is 3.52. The summed E-state index contributed by atoms with van der Waals surface area (Å²) in [5.41, 5.74) is 2.41. The minimum absolute atomic E-state index is 0.607. The van der Waals surface area contributed by atoms with Crippen LogP contribution in [0.5, 0.6) is 0 Å². The lowest BCUT2D eigenvalue weighted by Gasteiger charge is -2.27. The Morgan fingerprint density at radius 1 is 1.15 bits per heavy atom.